The number of aromatic nitrogens is 2. The molecule has 2 nitrogen and oxygen atoms in total. The van der Waals surface area contributed by atoms with E-state index in [-0.39, 0.29) is 5.41 Å². The first-order valence-corrected chi connectivity index (χ1v) is 18.2. The Labute approximate surface area is 308 Å². The molecule has 0 aliphatic heterocycles. The van der Waals surface area contributed by atoms with Gasteiger partial charge in [-0.15, -0.1) is 0 Å². The summed E-state index contributed by atoms with van der Waals surface area (Å²) in [5.74, 6) is 0.714. The number of hydrogen-bond acceptors (Lipinski definition) is 2. The Morgan fingerprint density at radius 3 is 1.43 bits per heavy atom. The van der Waals surface area contributed by atoms with Gasteiger partial charge in [-0.2, -0.15) is 0 Å². The van der Waals surface area contributed by atoms with Gasteiger partial charge in [0.15, 0.2) is 5.82 Å². The third kappa shape index (κ3) is 4.46. The van der Waals surface area contributed by atoms with Crippen molar-refractivity contribution in [3.8, 4) is 67.3 Å². The van der Waals surface area contributed by atoms with Crippen molar-refractivity contribution >= 4 is 10.8 Å². The van der Waals surface area contributed by atoms with Crippen molar-refractivity contribution in [3.05, 3.63) is 216 Å². The highest BCUT2D eigenvalue weighted by molar-refractivity contribution is 5.96. The lowest BCUT2D eigenvalue weighted by Gasteiger charge is -2.30. The average Bonchev–Trinajstić information content (AvgIpc) is 3.71. The molecule has 1 aromatic heterocycles. The van der Waals surface area contributed by atoms with Crippen LogP contribution in [0.4, 0.5) is 0 Å². The van der Waals surface area contributed by atoms with E-state index < -0.39 is 0 Å². The summed E-state index contributed by atoms with van der Waals surface area (Å²) in [7, 11) is 0. The third-order valence-electron chi connectivity index (χ3n) is 11.3. The van der Waals surface area contributed by atoms with Crippen molar-refractivity contribution in [2.24, 2.45) is 0 Å². The molecule has 0 amide bonds. The second-order valence-corrected chi connectivity index (χ2v) is 14.1. The molecule has 11 rings (SSSR count). The first-order valence-electron chi connectivity index (χ1n) is 18.2. The molecule has 2 heteroatoms. The van der Waals surface area contributed by atoms with Crippen LogP contribution in [-0.2, 0) is 5.41 Å². The van der Waals surface area contributed by atoms with E-state index in [0.29, 0.717) is 5.82 Å². The summed E-state index contributed by atoms with van der Waals surface area (Å²) >= 11 is 0. The molecule has 1 spiro atoms. The molecule has 0 radical (unpaired) electrons. The first-order chi connectivity index (χ1) is 26.3. The van der Waals surface area contributed by atoms with Gasteiger partial charge in [0.2, 0.25) is 0 Å². The highest BCUT2D eigenvalue weighted by Crippen LogP contribution is 2.62. The van der Waals surface area contributed by atoms with Gasteiger partial charge in [-0.05, 0) is 84.6 Å². The van der Waals surface area contributed by atoms with Gasteiger partial charge < -0.3 is 0 Å². The maximum Gasteiger partial charge on any atom is 0.160 e. The standard InChI is InChI=1S/C51H32N2/c1-2-12-33(13-3-1)35-22-25-36(26-23-35)48-32-49(38-27-24-34-14-4-5-15-37(34)30-38)53-50(52-48)39-28-29-47-43(31-39)42-18-8-11-21-46(42)51(47)44-19-9-6-16-40(44)41-17-7-10-20-45(41)51/h1-32H. The lowest BCUT2D eigenvalue weighted by atomic mass is 9.70. The molecule has 0 bridgehead atoms. The van der Waals surface area contributed by atoms with Crippen LogP contribution in [0.2, 0.25) is 0 Å². The molecule has 0 N–H and O–H groups in total. The predicted octanol–water partition coefficient (Wildman–Crippen LogP) is 12.6. The monoisotopic (exact) mass is 672 g/mol. The summed E-state index contributed by atoms with van der Waals surface area (Å²) in [5, 5.41) is 2.40. The summed E-state index contributed by atoms with van der Waals surface area (Å²) in [4.78, 5) is 10.6. The topological polar surface area (TPSA) is 25.8 Å². The quantitative estimate of drug-likeness (QED) is 0.186. The Bertz CT molecular complexity index is 2840. The Morgan fingerprint density at radius 2 is 0.755 bits per heavy atom. The molecule has 9 aromatic rings. The van der Waals surface area contributed by atoms with Crippen LogP contribution in [0.15, 0.2) is 194 Å². The SMILES string of the molecule is c1ccc(-c2ccc(-c3cc(-c4ccc5ccccc5c4)nc(-c4ccc5c(c4)-c4ccccc4C54c5ccccc5-c5ccccc54)n3)cc2)cc1. The fourth-order valence-corrected chi connectivity index (χ4v) is 8.92. The first kappa shape index (κ1) is 29.8. The van der Waals surface area contributed by atoms with Crippen LogP contribution < -0.4 is 0 Å². The zero-order valence-electron chi connectivity index (χ0n) is 28.9. The van der Waals surface area contributed by atoms with Crippen molar-refractivity contribution in [3.63, 3.8) is 0 Å². The van der Waals surface area contributed by atoms with Crippen LogP contribution in [0.5, 0.6) is 0 Å². The van der Waals surface area contributed by atoms with Crippen LogP contribution in [-0.4, -0.2) is 9.97 Å². The minimum atomic E-state index is -0.378. The Balaban J connectivity index is 1.11. The summed E-state index contributed by atoms with van der Waals surface area (Å²) in [6.07, 6.45) is 0. The Kier molecular flexibility index (Phi) is 6.50. The Morgan fingerprint density at radius 1 is 0.283 bits per heavy atom. The fourth-order valence-electron chi connectivity index (χ4n) is 8.92. The molecule has 246 valence electrons. The van der Waals surface area contributed by atoms with Crippen LogP contribution in [0.3, 0.4) is 0 Å². The van der Waals surface area contributed by atoms with E-state index in [9.17, 15) is 0 Å². The summed E-state index contributed by atoms with van der Waals surface area (Å²) in [6, 6.07) is 70.2. The zero-order valence-corrected chi connectivity index (χ0v) is 28.9. The van der Waals surface area contributed by atoms with Gasteiger partial charge in [0.1, 0.15) is 0 Å². The molecule has 0 atom stereocenters. The molecule has 0 saturated carbocycles. The maximum atomic E-state index is 5.30. The minimum absolute atomic E-state index is 0.378. The molecule has 8 aromatic carbocycles. The normalized spacial score (nSPS) is 13.1. The molecule has 53 heavy (non-hydrogen) atoms. The average molecular weight is 673 g/mol. The molecular weight excluding hydrogens is 641 g/mol. The zero-order chi connectivity index (χ0) is 34.9. The number of hydrogen-bond donors (Lipinski definition) is 0. The number of nitrogens with zero attached hydrogens (tertiary/aromatic N) is 2. The largest absolute Gasteiger partial charge is 0.228 e. The second-order valence-electron chi connectivity index (χ2n) is 14.1. The van der Waals surface area contributed by atoms with Crippen LogP contribution in [0, 0.1) is 0 Å². The van der Waals surface area contributed by atoms with E-state index in [2.05, 4.69) is 194 Å². The van der Waals surface area contributed by atoms with Gasteiger partial charge in [-0.1, -0.05) is 176 Å². The van der Waals surface area contributed by atoms with E-state index >= 15 is 0 Å². The molecule has 2 aliphatic carbocycles. The van der Waals surface area contributed by atoms with E-state index in [4.69, 9.17) is 9.97 Å². The minimum Gasteiger partial charge on any atom is -0.228 e. The van der Waals surface area contributed by atoms with Gasteiger partial charge in [0.25, 0.3) is 0 Å². The van der Waals surface area contributed by atoms with Gasteiger partial charge in [0, 0.05) is 16.7 Å². The smallest absolute Gasteiger partial charge is 0.160 e. The molecule has 0 fully saturated rings. The van der Waals surface area contributed by atoms with Gasteiger partial charge in [-0.25, -0.2) is 9.97 Å². The number of rotatable bonds is 4. The van der Waals surface area contributed by atoms with Gasteiger partial charge >= 0.3 is 0 Å². The summed E-state index contributed by atoms with van der Waals surface area (Å²) in [6.45, 7) is 0. The lowest BCUT2D eigenvalue weighted by molar-refractivity contribution is 0.794. The molecular formula is C51H32N2. The molecule has 2 aliphatic rings. The van der Waals surface area contributed by atoms with Gasteiger partial charge in [-0.3, -0.25) is 0 Å². The van der Waals surface area contributed by atoms with E-state index in [0.717, 1.165) is 28.1 Å². The molecule has 0 unspecified atom stereocenters. The molecule has 1 heterocycles. The van der Waals surface area contributed by atoms with Gasteiger partial charge in [0.05, 0.1) is 16.8 Å². The van der Waals surface area contributed by atoms with Crippen molar-refractivity contribution < 1.29 is 0 Å². The fraction of sp³-hybridized carbons (Fsp3) is 0.0196. The highest BCUT2D eigenvalue weighted by atomic mass is 14.9. The highest BCUT2D eigenvalue weighted by Gasteiger charge is 2.51. The number of fused-ring (bicyclic) bond motifs is 11. The van der Waals surface area contributed by atoms with E-state index in [1.807, 2.05) is 0 Å². The van der Waals surface area contributed by atoms with Crippen LogP contribution >= 0.6 is 0 Å². The summed E-state index contributed by atoms with van der Waals surface area (Å²) < 4.78 is 0. The Hall–Kier alpha value is -6.90. The van der Waals surface area contributed by atoms with Crippen molar-refractivity contribution in [2.75, 3.05) is 0 Å². The third-order valence-corrected chi connectivity index (χ3v) is 11.3. The summed E-state index contributed by atoms with van der Waals surface area (Å²) in [5.41, 5.74) is 17.4. The number of benzene rings is 8. The van der Waals surface area contributed by atoms with E-state index in [1.54, 1.807) is 0 Å². The van der Waals surface area contributed by atoms with Crippen LogP contribution in [0.25, 0.3) is 78.1 Å². The van der Waals surface area contributed by atoms with Crippen molar-refractivity contribution in [2.45, 2.75) is 5.41 Å². The van der Waals surface area contributed by atoms with Crippen LogP contribution in [0.1, 0.15) is 22.3 Å². The lowest BCUT2D eigenvalue weighted by Crippen LogP contribution is -2.25. The molecule has 0 saturated heterocycles. The second kappa shape index (κ2) is 11.6. The van der Waals surface area contributed by atoms with Crippen molar-refractivity contribution in [1.82, 2.24) is 9.97 Å². The predicted molar refractivity (Wildman–Crippen MR) is 218 cm³/mol. The van der Waals surface area contributed by atoms with Crippen molar-refractivity contribution in [1.29, 1.82) is 0 Å². The maximum absolute atomic E-state index is 5.30. The van der Waals surface area contributed by atoms with E-state index in [1.165, 1.54) is 66.4 Å².